The van der Waals surface area contributed by atoms with Gasteiger partial charge in [-0.1, -0.05) is 36.4 Å². The summed E-state index contributed by atoms with van der Waals surface area (Å²) in [5.41, 5.74) is 4.13. The van der Waals surface area contributed by atoms with E-state index in [1.807, 2.05) is 30.1 Å². The zero-order chi connectivity index (χ0) is 25.1. The first kappa shape index (κ1) is 25.2. The highest BCUT2D eigenvalue weighted by molar-refractivity contribution is 7.98. The molecule has 1 atom stereocenters. The Morgan fingerprint density at radius 1 is 1.03 bits per heavy atom. The predicted octanol–water partition coefficient (Wildman–Crippen LogP) is 4.31. The summed E-state index contributed by atoms with van der Waals surface area (Å²) in [7, 11) is 1.87. The van der Waals surface area contributed by atoms with E-state index in [9.17, 15) is 14.4 Å². The first-order valence-electron chi connectivity index (χ1n) is 13.1. The molecule has 190 valence electrons. The highest BCUT2D eigenvalue weighted by atomic mass is 32.2. The fourth-order valence-electron chi connectivity index (χ4n) is 5.24. The third-order valence-electron chi connectivity index (χ3n) is 7.66. The molecule has 2 aromatic rings. The smallest absolute Gasteiger partial charge is 0.243 e. The van der Waals surface area contributed by atoms with Crippen molar-refractivity contribution in [3.63, 3.8) is 0 Å². The number of carbonyl (C=O) groups excluding carboxylic acids is 3. The molecule has 5 rings (SSSR count). The third kappa shape index (κ3) is 6.25. The van der Waals surface area contributed by atoms with E-state index in [1.165, 1.54) is 36.8 Å². The van der Waals surface area contributed by atoms with Gasteiger partial charge in [-0.05, 0) is 73.7 Å². The second kappa shape index (κ2) is 11.3. The maximum atomic E-state index is 12.3. The van der Waals surface area contributed by atoms with Crippen LogP contribution in [0.2, 0.25) is 0 Å². The molecule has 2 aromatic carbocycles. The number of carbonyl (C=O) groups is 3. The maximum Gasteiger partial charge on any atom is 0.243 e. The van der Waals surface area contributed by atoms with Gasteiger partial charge in [-0.25, -0.2) is 0 Å². The summed E-state index contributed by atoms with van der Waals surface area (Å²) in [6, 6.07) is 15.0. The van der Waals surface area contributed by atoms with E-state index >= 15 is 0 Å². The van der Waals surface area contributed by atoms with Crippen LogP contribution in [0.25, 0.3) is 0 Å². The van der Waals surface area contributed by atoms with Gasteiger partial charge in [0.2, 0.25) is 11.8 Å². The van der Waals surface area contributed by atoms with Crippen LogP contribution in [0.5, 0.6) is 0 Å². The summed E-state index contributed by atoms with van der Waals surface area (Å²) in [4.78, 5) is 38.6. The lowest BCUT2D eigenvalue weighted by molar-refractivity contribution is -0.137. The van der Waals surface area contributed by atoms with Gasteiger partial charge in [-0.15, -0.1) is 11.8 Å². The largest absolute Gasteiger partial charge is 0.309 e. The summed E-state index contributed by atoms with van der Waals surface area (Å²) < 4.78 is 0. The van der Waals surface area contributed by atoms with E-state index in [0.717, 1.165) is 40.9 Å². The predicted molar refractivity (Wildman–Crippen MR) is 142 cm³/mol. The minimum Gasteiger partial charge on any atom is -0.309 e. The molecule has 0 spiro atoms. The molecule has 0 radical (unpaired) electrons. The fraction of sp³-hybridized carbons (Fsp3) is 0.483. The summed E-state index contributed by atoms with van der Waals surface area (Å²) in [6.45, 7) is 1.40. The van der Waals surface area contributed by atoms with Gasteiger partial charge in [0.15, 0.2) is 0 Å². The maximum absolute atomic E-state index is 12.3. The number of piperidine rings is 1. The van der Waals surface area contributed by atoms with E-state index < -0.39 is 0 Å². The molecule has 1 saturated heterocycles. The number of hydrogen-bond acceptors (Lipinski definition) is 6. The number of nitrogens with one attached hydrogen (secondary N) is 2. The summed E-state index contributed by atoms with van der Waals surface area (Å²) in [5.74, 6) is 2.12. The number of aldehydes is 1. The van der Waals surface area contributed by atoms with E-state index in [1.54, 1.807) is 11.8 Å². The summed E-state index contributed by atoms with van der Waals surface area (Å²) in [6.07, 6.45) is 7.28. The second-order valence-corrected chi connectivity index (χ2v) is 11.5. The summed E-state index contributed by atoms with van der Waals surface area (Å²) in [5, 5.41) is 6.24. The highest BCUT2D eigenvalue weighted by Gasteiger charge is 2.40. The molecule has 0 aromatic heterocycles. The van der Waals surface area contributed by atoms with Crippen molar-refractivity contribution in [3.8, 4) is 0 Å². The number of likely N-dealkylation sites (N-methyl/N-ethyl adjacent to an activating group) is 1. The number of imide groups is 1. The third-order valence-corrected chi connectivity index (χ3v) is 8.84. The van der Waals surface area contributed by atoms with Crippen LogP contribution in [0.4, 0.5) is 0 Å². The van der Waals surface area contributed by atoms with Crippen LogP contribution >= 0.6 is 11.8 Å². The number of thioether (sulfide) groups is 1. The zero-order valence-corrected chi connectivity index (χ0v) is 21.7. The number of nitrogens with zero attached hydrogens (tertiary/aromatic N) is 1. The van der Waals surface area contributed by atoms with Crippen molar-refractivity contribution in [2.75, 3.05) is 7.05 Å². The van der Waals surface area contributed by atoms with Crippen molar-refractivity contribution in [1.29, 1.82) is 0 Å². The highest BCUT2D eigenvalue weighted by Crippen LogP contribution is 2.44. The van der Waals surface area contributed by atoms with Gasteiger partial charge in [-0.2, -0.15) is 0 Å². The molecular weight excluding hydrogens is 470 g/mol. The molecule has 1 heterocycles. The average molecular weight is 506 g/mol. The zero-order valence-electron chi connectivity index (χ0n) is 20.9. The Hall–Kier alpha value is -2.48. The van der Waals surface area contributed by atoms with Gasteiger partial charge in [0, 0.05) is 41.8 Å². The molecule has 7 heteroatoms. The lowest BCUT2D eigenvalue weighted by atomic mass is 10.0. The van der Waals surface area contributed by atoms with Crippen LogP contribution in [0.1, 0.15) is 65.6 Å². The molecule has 2 saturated carbocycles. The van der Waals surface area contributed by atoms with Gasteiger partial charge in [0.1, 0.15) is 6.29 Å². The van der Waals surface area contributed by atoms with Crippen LogP contribution < -0.4 is 10.6 Å². The Morgan fingerprint density at radius 2 is 1.72 bits per heavy atom. The first-order valence-corrected chi connectivity index (χ1v) is 14.1. The molecule has 3 aliphatic rings. The minimum atomic E-state index is -0.374. The Morgan fingerprint density at radius 3 is 2.36 bits per heavy atom. The van der Waals surface area contributed by atoms with Crippen molar-refractivity contribution in [2.24, 2.45) is 11.8 Å². The Labute approximate surface area is 217 Å². The molecular formula is C29H35N3O3S. The van der Waals surface area contributed by atoms with Gasteiger partial charge in [-0.3, -0.25) is 24.6 Å². The van der Waals surface area contributed by atoms with Crippen molar-refractivity contribution in [2.45, 2.75) is 74.3 Å². The van der Waals surface area contributed by atoms with E-state index in [4.69, 9.17) is 0 Å². The van der Waals surface area contributed by atoms with E-state index in [2.05, 4.69) is 34.9 Å². The van der Waals surface area contributed by atoms with Crippen LogP contribution in [-0.4, -0.2) is 42.1 Å². The van der Waals surface area contributed by atoms with Crippen molar-refractivity contribution < 1.29 is 14.4 Å². The standard InChI is InChI=1S/C29H35N3O3S/c1-32(25-13-14-27(34)31-29(25)35)16-24-23(17-33)3-2-4-26(24)36-18-20-7-5-19(6-8-20)15-30-28(21-9-10-21)22-11-12-22/h2-8,17,21-22,25,28,30H,9-16,18H2,1H3,(H,31,34,35). The molecule has 0 bridgehead atoms. The Bertz CT molecular complexity index is 1100. The molecule has 2 N–H and O–H groups in total. The molecule has 36 heavy (non-hydrogen) atoms. The molecule has 1 unspecified atom stereocenters. The van der Waals surface area contributed by atoms with Crippen molar-refractivity contribution in [1.82, 2.24) is 15.5 Å². The summed E-state index contributed by atoms with van der Waals surface area (Å²) >= 11 is 1.71. The number of hydrogen-bond donors (Lipinski definition) is 2. The SMILES string of the molecule is CN(Cc1c(C=O)cccc1SCc1ccc(CNC(C2CC2)C2CC2)cc1)C1CCC(=O)NC1=O. The normalized spacial score (nSPS) is 20.1. The average Bonchev–Trinajstić information content (AvgIpc) is 3.79. The Kier molecular flexibility index (Phi) is 7.89. The fourth-order valence-corrected chi connectivity index (χ4v) is 6.28. The topological polar surface area (TPSA) is 78.5 Å². The molecule has 6 nitrogen and oxygen atoms in total. The number of benzene rings is 2. The number of rotatable bonds is 12. The van der Waals surface area contributed by atoms with Crippen LogP contribution in [0.15, 0.2) is 47.4 Å². The van der Waals surface area contributed by atoms with E-state index in [0.29, 0.717) is 31.0 Å². The van der Waals surface area contributed by atoms with Crippen molar-refractivity contribution >= 4 is 29.9 Å². The van der Waals surface area contributed by atoms with Crippen LogP contribution in [-0.2, 0) is 28.4 Å². The van der Waals surface area contributed by atoms with Gasteiger partial charge < -0.3 is 5.32 Å². The lowest BCUT2D eigenvalue weighted by Crippen LogP contribution is -2.51. The van der Waals surface area contributed by atoms with Crippen LogP contribution in [0.3, 0.4) is 0 Å². The lowest BCUT2D eigenvalue weighted by Gasteiger charge is -2.30. The molecule has 1 aliphatic heterocycles. The monoisotopic (exact) mass is 505 g/mol. The van der Waals surface area contributed by atoms with Gasteiger partial charge >= 0.3 is 0 Å². The second-order valence-electron chi connectivity index (χ2n) is 10.5. The van der Waals surface area contributed by atoms with E-state index in [-0.39, 0.29) is 17.9 Å². The minimum absolute atomic E-state index is 0.221. The molecule has 2 aliphatic carbocycles. The Balaban J connectivity index is 1.20. The van der Waals surface area contributed by atoms with Gasteiger partial charge in [0.05, 0.1) is 6.04 Å². The molecule has 2 amide bonds. The molecule has 3 fully saturated rings. The van der Waals surface area contributed by atoms with Crippen molar-refractivity contribution in [3.05, 3.63) is 64.7 Å². The van der Waals surface area contributed by atoms with Gasteiger partial charge in [0.25, 0.3) is 0 Å². The van der Waals surface area contributed by atoms with Crippen LogP contribution in [0, 0.1) is 11.8 Å². The first-order chi connectivity index (χ1) is 17.5. The quantitative estimate of drug-likeness (QED) is 0.254. The number of amides is 2.